The lowest BCUT2D eigenvalue weighted by atomic mass is 10.3. The number of aromatic amines is 1. The highest BCUT2D eigenvalue weighted by Gasteiger charge is 2.08. The largest absolute Gasteiger partial charge is 0.458 e. The van der Waals surface area contributed by atoms with Gasteiger partial charge in [0.2, 0.25) is 0 Å². The third-order valence-corrected chi connectivity index (χ3v) is 5.59. The number of halogens is 1. The van der Waals surface area contributed by atoms with Crippen LogP contribution in [0.2, 0.25) is 5.02 Å². The van der Waals surface area contributed by atoms with Crippen molar-refractivity contribution in [2.24, 2.45) is 0 Å². The normalized spacial score (nSPS) is 10.9. The molecule has 0 aliphatic heterocycles. The van der Waals surface area contributed by atoms with Crippen LogP contribution in [-0.2, 0) is 16.1 Å². The Kier molecular flexibility index (Phi) is 6.12. The quantitative estimate of drug-likeness (QED) is 0.368. The lowest BCUT2D eigenvalue weighted by Gasteiger charge is -2.05. The minimum absolute atomic E-state index is 0.0236. The van der Waals surface area contributed by atoms with Crippen molar-refractivity contribution < 1.29 is 9.53 Å². The molecule has 0 radical (unpaired) electrons. The van der Waals surface area contributed by atoms with Gasteiger partial charge in [-0.3, -0.25) is 9.59 Å². The van der Waals surface area contributed by atoms with Gasteiger partial charge in [0.1, 0.15) is 17.1 Å². The van der Waals surface area contributed by atoms with Crippen LogP contribution in [0.4, 0.5) is 0 Å². The van der Waals surface area contributed by atoms with E-state index in [1.165, 1.54) is 11.3 Å². The molecule has 0 spiro atoms. The Bertz CT molecular complexity index is 922. The molecule has 0 saturated carbocycles. The summed E-state index contributed by atoms with van der Waals surface area (Å²) in [6, 6.07) is 9.36. The Morgan fingerprint density at radius 1 is 1.28 bits per heavy atom. The van der Waals surface area contributed by atoms with E-state index in [2.05, 4.69) is 9.97 Å². The van der Waals surface area contributed by atoms with Gasteiger partial charge in [-0.05, 0) is 47.9 Å². The van der Waals surface area contributed by atoms with E-state index in [0.29, 0.717) is 33.9 Å². The number of thioether (sulfide) groups is 1. The van der Waals surface area contributed by atoms with Crippen LogP contribution in [-0.4, -0.2) is 21.7 Å². The summed E-state index contributed by atoms with van der Waals surface area (Å²) in [4.78, 5) is 31.7. The number of carbonyl (C=O) groups excluding carboxylic acids is 1. The number of thiophene rings is 1. The van der Waals surface area contributed by atoms with E-state index in [9.17, 15) is 9.59 Å². The summed E-state index contributed by atoms with van der Waals surface area (Å²) in [5.74, 6) is 0.872. The predicted molar refractivity (Wildman–Crippen MR) is 101 cm³/mol. The minimum Gasteiger partial charge on any atom is -0.458 e. The fraction of sp³-hybridized carbons (Fsp3) is 0.235. The van der Waals surface area contributed by atoms with Crippen molar-refractivity contribution in [3.05, 3.63) is 56.9 Å². The number of aromatic nitrogens is 2. The first-order valence-electron chi connectivity index (χ1n) is 7.62. The van der Waals surface area contributed by atoms with Crippen LogP contribution in [0.3, 0.4) is 0 Å². The van der Waals surface area contributed by atoms with Gasteiger partial charge in [-0.25, -0.2) is 4.98 Å². The molecule has 0 aliphatic carbocycles. The number of H-pyrrole nitrogens is 1. The highest BCUT2D eigenvalue weighted by atomic mass is 35.5. The molecule has 2 heterocycles. The first kappa shape index (κ1) is 18.0. The zero-order chi connectivity index (χ0) is 17.6. The van der Waals surface area contributed by atoms with E-state index >= 15 is 0 Å². The Balaban J connectivity index is 1.41. The van der Waals surface area contributed by atoms with Crippen LogP contribution in [0.25, 0.3) is 10.2 Å². The van der Waals surface area contributed by atoms with Crippen LogP contribution in [0.15, 0.2) is 45.4 Å². The van der Waals surface area contributed by atoms with Gasteiger partial charge in [-0.1, -0.05) is 11.6 Å². The molecule has 0 unspecified atom stereocenters. The second kappa shape index (κ2) is 8.51. The van der Waals surface area contributed by atoms with Crippen molar-refractivity contribution in [2.45, 2.75) is 24.3 Å². The van der Waals surface area contributed by atoms with Crippen LogP contribution in [0.5, 0.6) is 0 Å². The molecule has 0 bridgehead atoms. The van der Waals surface area contributed by atoms with Crippen LogP contribution >= 0.6 is 34.7 Å². The number of carbonyl (C=O) groups is 1. The van der Waals surface area contributed by atoms with Crippen molar-refractivity contribution >= 4 is 50.9 Å². The summed E-state index contributed by atoms with van der Waals surface area (Å²) >= 11 is 8.84. The van der Waals surface area contributed by atoms with Crippen LogP contribution in [0, 0.1) is 0 Å². The molecule has 1 aromatic carbocycles. The lowest BCUT2D eigenvalue weighted by Crippen LogP contribution is -2.13. The molecule has 0 amide bonds. The molecule has 0 atom stereocenters. The van der Waals surface area contributed by atoms with Gasteiger partial charge in [0, 0.05) is 16.3 Å². The summed E-state index contributed by atoms with van der Waals surface area (Å²) in [6.45, 7) is -0.0236. The number of benzene rings is 1. The Morgan fingerprint density at radius 3 is 2.88 bits per heavy atom. The molecule has 0 saturated heterocycles. The van der Waals surface area contributed by atoms with Crippen molar-refractivity contribution in [2.75, 3.05) is 5.75 Å². The van der Waals surface area contributed by atoms with E-state index in [1.807, 2.05) is 24.3 Å². The number of hydrogen-bond donors (Lipinski definition) is 1. The maximum Gasteiger partial charge on any atom is 0.306 e. The molecule has 2 aromatic heterocycles. The van der Waals surface area contributed by atoms with Gasteiger partial charge in [-0.15, -0.1) is 23.1 Å². The third kappa shape index (κ3) is 5.07. The predicted octanol–water partition coefficient (Wildman–Crippen LogP) is 4.25. The number of esters is 1. The maximum absolute atomic E-state index is 11.8. The summed E-state index contributed by atoms with van der Waals surface area (Å²) in [5.41, 5.74) is 0.421. The standard InChI is InChI=1S/C17H15ClN2O3S2/c18-11-3-5-12(6-4-11)24-8-1-2-15(21)23-10-14-19-13-7-9-25-16(13)17(22)20-14/h3-7,9H,1-2,8,10H2,(H,19,20,22). The van der Waals surface area contributed by atoms with Gasteiger partial charge >= 0.3 is 5.97 Å². The molecule has 0 aliphatic rings. The molecule has 25 heavy (non-hydrogen) atoms. The van der Waals surface area contributed by atoms with E-state index in [-0.39, 0.29) is 18.1 Å². The number of rotatable bonds is 7. The first-order valence-corrected chi connectivity index (χ1v) is 9.86. The number of fused-ring (bicyclic) bond motifs is 1. The average molecular weight is 395 g/mol. The molecule has 5 nitrogen and oxygen atoms in total. The zero-order valence-electron chi connectivity index (χ0n) is 13.2. The Labute approximate surface area is 157 Å². The minimum atomic E-state index is -0.301. The average Bonchev–Trinajstić information content (AvgIpc) is 3.08. The number of ether oxygens (including phenoxy) is 1. The van der Waals surface area contributed by atoms with Gasteiger partial charge in [-0.2, -0.15) is 0 Å². The van der Waals surface area contributed by atoms with Crippen LogP contribution in [0.1, 0.15) is 18.7 Å². The molecular weight excluding hydrogens is 380 g/mol. The van der Waals surface area contributed by atoms with Crippen LogP contribution < -0.4 is 5.56 Å². The molecule has 0 fully saturated rings. The summed E-state index contributed by atoms with van der Waals surface area (Å²) < 4.78 is 5.76. The Morgan fingerprint density at radius 2 is 2.08 bits per heavy atom. The fourth-order valence-electron chi connectivity index (χ4n) is 2.15. The number of hydrogen-bond acceptors (Lipinski definition) is 6. The summed E-state index contributed by atoms with van der Waals surface area (Å²) in [5, 5.41) is 2.52. The zero-order valence-corrected chi connectivity index (χ0v) is 15.5. The molecule has 130 valence electrons. The maximum atomic E-state index is 11.8. The van der Waals surface area contributed by atoms with Gasteiger partial charge in [0.25, 0.3) is 5.56 Å². The van der Waals surface area contributed by atoms with E-state index < -0.39 is 0 Å². The van der Waals surface area contributed by atoms with Gasteiger partial charge < -0.3 is 9.72 Å². The second-order valence-electron chi connectivity index (χ2n) is 5.21. The monoisotopic (exact) mass is 394 g/mol. The second-order valence-corrected chi connectivity index (χ2v) is 7.74. The first-order chi connectivity index (χ1) is 12.1. The van der Waals surface area contributed by atoms with Crippen molar-refractivity contribution in [1.29, 1.82) is 0 Å². The highest BCUT2D eigenvalue weighted by molar-refractivity contribution is 7.99. The summed E-state index contributed by atoms with van der Waals surface area (Å²) in [6.07, 6.45) is 1.03. The van der Waals surface area contributed by atoms with E-state index in [4.69, 9.17) is 16.3 Å². The van der Waals surface area contributed by atoms with Crippen molar-refractivity contribution in [1.82, 2.24) is 9.97 Å². The molecular formula is C17H15ClN2O3S2. The smallest absolute Gasteiger partial charge is 0.306 e. The van der Waals surface area contributed by atoms with E-state index in [0.717, 1.165) is 10.6 Å². The number of nitrogens with one attached hydrogen (secondary N) is 1. The van der Waals surface area contributed by atoms with Gasteiger partial charge in [0.15, 0.2) is 0 Å². The fourth-order valence-corrected chi connectivity index (χ4v) is 3.85. The number of nitrogens with zero attached hydrogens (tertiary/aromatic N) is 1. The van der Waals surface area contributed by atoms with Gasteiger partial charge in [0.05, 0.1) is 5.52 Å². The lowest BCUT2D eigenvalue weighted by molar-refractivity contribution is -0.145. The Hall–Kier alpha value is -1.83. The SMILES string of the molecule is O=C(CCCSc1ccc(Cl)cc1)OCc1nc2ccsc2c(=O)[nH]1. The molecule has 3 aromatic rings. The van der Waals surface area contributed by atoms with Crippen molar-refractivity contribution in [3.63, 3.8) is 0 Å². The molecule has 1 N–H and O–H groups in total. The topological polar surface area (TPSA) is 72.0 Å². The third-order valence-electron chi connectivity index (χ3n) is 3.34. The van der Waals surface area contributed by atoms with Crippen molar-refractivity contribution in [3.8, 4) is 0 Å². The molecule has 3 rings (SSSR count). The van der Waals surface area contributed by atoms with E-state index in [1.54, 1.807) is 23.2 Å². The summed E-state index contributed by atoms with van der Waals surface area (Å²) in [7, 11) is 0. The highest BCUT2D eigenvalue weighted by Crippen LogP contribution is 2.21. The molecule has 8 heteroatoms.